The number of carbonyl (C=O) groups is 2. The number of fused-ring (bicyclic) bond motifs is 7. The van der Waals surface area contributed by atoms with Crippen molar-refractivity contribution in [3.63, 3.8) is 0 Å². The van der Waals surface area contributed by atoms with E-state index in [1.165, 1.54) is 27.3 Å². The molecule has 6 rings (SSSR count). The molecule has 0 saturated carbocycles. The smallest absolute Gasteiger partial charge is 0.309 e. The largest absolute Gasteiger partial charge is 0.481 e. The minimum Gasteiger partial charge on any atom is -0.481 e. The average Bonchev–Trinajstić information content (AvgIpc) is 3.47. The fraction of sp³-hybridized carbons (Fsp3) is 0.216. The number of carboxylic acids is 1. The summed E-state index contributed by atoms with van der Waals surface area (Å²) in [4.78, 5) is 24.6. The van der Waals surface area contributed by atoms with Crippen LogP contribution in [0.3, 0.4) is 0 Å². The maximum Gasteiger partial charge on any atom is 0.309 e. The van der Waals surface area contributed by atoms with Crippen LogP contribution in [0.5, 0.6) is 0 Å². The van der Waals surface area contributed by atoms with Gasteiger partial charge in [-0.15, -0.1) is 0 Å². The third-order valence-electron chi connectivity index (χ3n) is 8.55. The molecule has 2 aliphatic rings. The zero-order chi connectivity index (χ0) is 30.0. The molecule has 0 fully saturated rings. The Morgan fingerprint density at radius 3 is 2.35 bits per heavy atom. The standard InChI is InChI=1S/C37H34N2O4/c1-37(2)33(19-5-3-4-13-27-24-26-12-6-11-18-32(26)38(27)22-23-43-25-40)39(21-20-34(41)42)36-31-17-10-8-15-29(31)28-14-7-9-16-30(28)35(36)37/h3-19,25H,20-24H2,1-2H3/p+1. The molecule has 0 unspecified atom stereocenters. The van der Waals surface area contributed by atoms with Crippen molar-refractivity contribution in [1.29, 1.82) is 0 Å². The summed E-state index contributed by atoms with van der Waals surface area (Å²) >= 11 is 0. The summed E-state index contributed by atoms with van der Waals surface area (Å²) in [5, 5.41) is 14.3. The first-order valence-electron chi connectivity index (χ1n) is 14.7. The van der Waals surface area contributed by atoms with Crippen molar-refractivity contribution in [2.75, 3.05) is 24.6 Å². The number of carboxylic acid groups (broad SMARTS) is 1. The molecule has 0 aliphatic carbocycles. The molecule has 0 radical (unpaired) electrons. The Kier molecular flexibility index (Phi) is 7.68. The zero-order valence-corrected chi connectivity index (χ0v) is 24.5. The van der Waals surface area contributed by atoms with Gasteiger partial charge in [-0.1, -0.05) is 78.9 Å². The van der Waals surface area contributed by atoms with Crippen molar-refractivity contribution in [3.05, 3.63) is 120 Å². The van der Waals surface area contributed by atoms with E-state index in [0.29, 0.717) is 26.2 Å². The van der Waals surface area contributed by atoms with E-state index in [0.717, 1.165) is 34.6 Å². The Hall–Kier alpha value is -4.97. The summed E-state index contributed by atoms with van der Waals surface area (Å²) in [5.74, 6) is -0.813. The molecule has 0 amide bonds. The number of hydrogen-bond donors (Lipinski definition) is 1. The van der Waals surface area contributed by atoms with Crippen LogP contribution in [0, 0.1) is 0 Å². The van der Waals surface area contributed by atoms with Crippen LogP contribution in [0.2, 0.25) is 0 Å². The van der Waals surface area contributed by atoms with Gasteiger partial charge in [-0.05, 0) is 53.8 Å². The highest BCUT2D eigenvalue weighted by molar-refractivity contribution is 6.18. The molecule has 6 nitrogen and oxygen atoms in total. The summed E-state index contributed by atoms with van der Waals surface area (Å²) in [6.45, 7) is 6.25. The Morgan fingerprint density at radius 1 is 0.930 bits per heavy atom. The molecular weight excluding hydrogens is 536 g/mol. The van der Waals surface area contributed by atoms with E-state index in [1.807, 2.05) is 30.4 Å². The van der Waals surface area contributed by atoms with E-state index in [-0.39, 0.29) is 11.8 Å². The van der Waals surface area contributed by atoms with Crippen LogP contribution in [0.1, 0.15) is 31.4 Å². The summed E-state index contributed by atoms with van der Waals surface area (Å²) in [6.07, 6.45) is 11.2. The predicted octanol–water partition coefficient (Wildman–Crippen LogP) is 7.08. The summed E-state index contributed by atoms with van der Waals surface area (Å²) in [7, 11) is 0. The molecule has 6 heteroatoms. The minimum atomic E-state index is -0.813. The monoisotopic (exact) mass is 571 g/mol. The van der Waals surface area contributed by atoms with Crippen LogP contribution in [-0.4, -0.2) is 47.5 Å². The first-order valence-corrected chi connectivity index (χ1v) is 14.7. The van der Waals surface area contributed by atoms with Gasteiger partial charge in [-0.25, -0.2) is 0 Å². The van der Waals surface area contributed by atoms with E-state index in [9.17, 15) is 14.7 Å². The number of carbonyl (C=O) groups excluding carboxylic acids is 1. The van der Waals surface area contributed by atoms with Crippen LogP contribution in [0.25, 0.3) is 21.5 Å². The van der Waals surface area contributed by atoms with Crippen LogP contribution in [0.4, 0.5) is 11.4 Å². The van der Waals surface area contributed by atoms with E-state index < -0.39 is 5.97 Å². The average molecular weight is 572 g/mol. The second-order valence-corrected chi connectivity index (χ2v) is 11.4. The number of ether oxygens (including phenoxy) is 1. The van der Waals surface area contributed by atoms with Gasteiger partial charge in [-0.3, -0.25) is 9.59 Å². The van der Waals surface area contributed by atoms with Gasteiger partial charge in [0.1, 0.15) is 13.0 Å². The molecule has 0 bridgehead atoms. The predicted molar refractivity (Wildman–Crippen MR) is 172 cm³/mol. The fourth-order valence-corrected chi connectivity index (χ4v) is 6.71. The van der Waals surface area contributed by atoms with Gasteiger partial charge in [0.15, 0.2) is 12.3 Å². The quantitative estimate of drug-likeness (QED) is 0.0725. The van der Waals surface area contributed by atoms with Crippen LogP contribution >= 0.6 is 0 Å². The SMILES string of the molecule is CC1(C)C(/C=C/C=C/C=C2/Cc3ccccc3N2CCOC=O)=[N+](CCC(=O)O)c2c1c1ccccc1c1ccccc21. The Bertz CT molecular complexity index is 1860. The molecular formula is C37H35N2O4+. The number of benzene rings is 4. The molecule has 216 valence electrons. The highest BCUT2D eigenvalue weighted by Gasteiger charge is 2.46. The number of hydrogen-bond acceptors (Lipinski definition) is 4. The second-order valence-electron chi connectivity index (χ2n) is 11.4. The van der Waals surface area contributed by atoms with Gasteiger partial charge >= 0.3 is 5.97 Å². The maximum absolute atomic E-state index is 11.7. The van der Waals surface area contributed by atoms with Crippen LogP contribution in [-0.2, 0) is 26.2 Å². The third-order valence-corrected chi connectivity index (χ3v) is 8.55. The van der Waals surface area contributed by atoms with Crippen molar-refractivity contribution >= 4 is 51.1 Å². The number of aliphatic carboxylic acids is 1. The Labute approximate surface area is 251 Å². The maximum atomic E-state index is 11.7. The number of nitrogens with zero attached hydrogens (tertiary/aromatic N) is 2. The highest BCUT2D eigenvalue weighted by atomic mass is 16.5. The minimum absolute atomic E-state index is 0.0418. The van der Waals surface area contributed by atoms with E-state index in [4.69, 9.17) is 4.74 Å². The fourth-order valence-electron chi connectivity index (χ4n) is 6.71. The van der Waals surface area contributed by atoms with Crippen molar-refractivity contribution < 1.29 is 24.0 Å². The second kappa shape index (κ2) is 11.7. The molecule has 0 saturated heterocycles. The van der Waals surface area contributed by atoms with Crippen molar-refractivity contribution in [1.82, 2.24) is 0 Å². The Balaban J connectivity index is 1.37. The molecule has 1 N–H and O–H groups in total. The molecule has 4 aromatic rings. The molecule has 2 aliphatic heterocycles. The molecule has 43 heavy (non-hydrogen) atoms. The lowest BCUT2D eigenvalue weighted by Gasteiger charge is -2.20. The lowest BCUT2D eigenvalue weighted by molar-refractivity contribution is -0.435. The van der Waals surface area contributed by atoms with Gasteiger partial charge in [0, 0.05) is 29.4 Å². The Morgan fingerprint density at radius 2 is 1.60 bits per heavy atom. The third kappa shape index (κ3) is 5.14. The van der Waals surface area contributed by atoms with Crippen molar-refractivity contribution in [2.45, 2.75) is 32.1 Å². The lowest BCUT2D eigenvalue weighted by Crippen LogP contribution is -2.28. The molecule has 2 heterocycles. The van der Waals surface area contributed by atoms with Crippen LogP contribution < -0.4 is 4.90 Å². The van der Waals surface area contributed by atoms with Gasteiger partial charge in [-0.2, -0.15) is 4.58 Å². The summed E-state index contributed by atoms with van der Waals surface area (Å²) in [5.41, 5.74) is 6.59. The number of rotatable bonds is 10. The van der Waals surface area contributed by atoms with E-state index >= 15 is 0 Å². The number of para-hydroxylation sites is 1. The first-order chi connectivity index (χ1) is 20.9. The number of allylic oxidation sites excluding steroid dienone is 6. The normalized spacial score (nSPS) is 16.6. The van der Waals surface area contributed by atoms with E-state index in [2.05, 4.69) is 96.1 Å². The molecule has 0 atom stereocenters. The lowest BCUT2D eigenvalue weighted by atomic mass is 9.78. The highest BCUT2D eigenvalue weighted by Crippen LogP contribution is 2.49. The van der Waals surface area contributed by atoms with Gasteiger partial charge in [0.05, 0.1) is 17.3 Å². The van der Waals surface area contributed by atoms with Gasteiger partial charge in [0.2, 0.25) is 5.69 Å². The topological polar surface area (TPSA) is 69.8 Å². The molecule has 4 aromatic carbocycles. The van der Waals surface area contributed by atoms with Gasteiger partial charge in [0.25, 0.3) is 6.47 Å². The molecule has 0 spiro atoms. The van der Waals surface area contributed by atoms with Crippen LogP contribution in [0.15, 0.2) is 109 Å². The van der Waals surface area contributed by atoms with Crippen molar-refractivity contribution in [3.8, 4) is 0 Å². The van der Waals surface area contributed by atoms with E-state index in [1.54, 1.807) is 0 Å². The molecule has 0 aromatic heterocycles. The first kappa shape index (κ1) is 28.2. The summed E-state index contributed by atoms with van der Waals surface area (Å²) < 4.78 is 7.19. The summed E-state index contributed by atoms with van der Waals surface area (Å²) in [6, 6.07) is 25.2. The van der Waals surface area contributed by atoms with Gasteiger partial charge < -0.3 is 14.7 Å². The number of anilines is 1. The zero-order valence-electron chi connectivity index (χ0n) is 24.5. The van der Waals surface area contributed by atoms with Crippen molar-refractivity contribution in [2.24, 2.45) is 0 Å².